The summed E-state index contributed by atoms with van der Waals surface area (Å²) in [5.41, 5.74) is 4.70. The van der Waals surface area contributed by atoms with Crippen LogP contribution in [0, 0.1) is 0 Å². The van der Waals surface area contributed by atoms with Gasteiger partial charge in [0, 0.05) is 44.4 Å². The number of nitrogens with one attached hydrogen (secondary N) is 2. The number of hydrogen-bond acceptors (Lipinski definition) is 8. The third-order valence-corrected chi connectivity index (χ3v) is 11.9. The number of aromatic hydroxyl groups is 1. The molecule has 348 valence electrons. The molecule has 5 rings (SSSR count). The lowest BCUT2D eigenvalue weighted by Crippen LogP contribution is -2.45. The highest BCUT2D eigenvalue weighted by Crippen LogP contribution is 2.39. The Morgan fingerprint density at radius 3 is 2.25 bits per heavy atom. The number of fused-ring (bicyclic) bond motifs is 1. The summed E-state index contributed by atoms with van der Waals surface area (Å²) >= 11 is 0. The molecule has 1 fully saturated rings. The number of carboxylic acids is 1. The zero-order valence-electron chi connectivity index (χ0n) is 38.4. The van der Waals surface area contributed by atoms with Crippen molar-refractivity contribution in [1.82, 2.24) is 20.0 Å². The minimum absolute atomic E-state index is 0.000764. The monoisotopic (exact) mass is 872 g/mol. The van der Waals surface area contributed by atoms with Gasteiger partial charge in [-0.05, 0) is 87.1 Å². The average Bonchev–Trinajstić information content (AvgIpc) is 3.73. The molecule has 1 aromatic heterocycles. The molecule has 12 nitrogen and oxygen atoms in total. The van der Waals surface area contributed by atoms with Gasteiger partial charge in [0.15, 0.2) is 12.4 Å². The van der Waals surface area contributed by atoms with E-state index in [9.17, 15) is 19.5 Å². The summed E-state index contributed by atoms with van der Waals surface area (Å²) in [6.45, 7) is 5.25. The Kier molecular flexibility index (Phi) is 24.6. The third-order valence-electron chi connectivity index (χ3n) is 11.9. The van der Waals surface area contributed by atoms with Crippen LogP contribution in [0.3, 0.4) is 0 Å². The van der Waals surface area contributed by atoms with Crippen LogP contribution in [0.25, 0.3) is 11.1 Å². The van der Waals surface area contributed by atoms with Crippen molar-refractivity contribution in [3.8, 4) is 22.6 Å². The molecule has 2 amide bonds. The van der Waals surface area contributed by atoms with E-state index in [1.54, 1.807) is 10.7 Å². The first-order valence-electron chi connectivity index (χ1n) is 24.0. The highest BCUT2D eigenvalue weighted by Gasteiger charge is 2.25. The Hall–Kier alpha value is -4.68. The average molecular weight is 872 g/mol. The quantitative estimate of drug-likeness (QED) is 0.0303. The number of aryl methyl sites for hydroxylation is 1. The van der Waals surface area contributed by atoms with E-state index in [4.69, 9.17) is 14.6 Å². The van der Waals surface area contributed by atoms with Gasteiger partial charge in [-0.15, -0.1) is 0 Å². The molecule has 0 saturated heterocycles. The van der Waals surface area contributed by atoms with Crippen LogP contribution in [-0.2, 0) is 39.0 Å². The van der Waals surface area contributed by atoms with Crippen molar-refractivity contribution in [1.29, 1.82) is 0 Å². The SMILES string of the molecule is CCCCCCCC/C=C\CCCCCCCC(=O)O.Cn1cc(-c2ccc(CCOCCC(=O)N(CCNCCc3ccc(O)c4c3OCC(=O)N4)C3CCCCC3)cc2)cn1. The van der Waals surface area contributed by atoms with E-state index in [2.05, 4.69) is 64.0 Å². The van der Waals surface area contributed by atoms with Crippen LogP contribution < -0.4 is 15.4 Å². The lowest BCUT2D eigenvalue weighted by molar-refractivity contribution is -0.137. The number of hydrogen-bond donors (Lipinski definition) is 4. The molecule has 63 heavy (non-hydrogen) atoms. The summed E-state index contributed by atoms with van der Waals surface area (Å²) in [7, 11) is 1.91. The molecule has 2 aliphatic rings. The fraction of sp³-hybridized carbons (Fsp3) is 0.608. The molecule has 0 spiro atoms. The van der Waals surface area contributed by atoms with Gasteiger partial charge in [-0.3, -0.25) is 19.1 Å². The normalized spacial score (nSPS) is 13.8. The molecule has 12 heteroatoms. The zero-order valence-corrected chi connectivity index (χ0v) is 38.4. The number of benzene rings is 2. The first-order valence-corrected chi connectivity index (χ1v) is 24.0. The molecule has 4 N–H and O–H groups in total. The van der Waals surface area contributed by atoms with Crippen molar-refractivity contribution in [3.05, 3.63) is 72.1 Å². The van der Waals surface area contributed by atoms with E-state index in [1.807, 2.05) is 25.5 Å². The Morgan fingerprint density at radius 2 is 1.57 bits per heavy atom. The highest BCUT2D eigenvalue weighted by atomic mass is 16.5. The summed E-state index contributed by atoms with van der Waals surface area (Å²) in [6.07, 6.45) is 32.7. The van der Waals surface area contributed by atoms with Gasteiger partial charge in [0.1, 0.15) is 11.4 Å². The Balaban J connectivity index is 0.000000369. The molecule has 1 saturated carbocycles. The Labute approximate surface area is 377 Å². The number of unbranched alkanes of at least 4 members (excludes halogenated alkanes) is 11. The first-order chi connectivity index (χ1) is 30.7. The van der Waals surface area contributed by atoms with E-state index >= 15 is 0 Å². The number of phenolic OH excluding ortho intramolecular Hbond substituents is 1. The molecule has 2 heterocycles. The molecule has 2 aromatic carbocycles. The van der Waals surface area contributed by atoms with Crippen molar-refractivity contribution >= 4 is 23.5 Å². The van der Waals surface area contributed by atoms with Gasteiger partial charge in [-0.1, -0.05) is 120 Å². The Morgan fingerprint density at radius 1 is 0.873 bits per heavy atom. The number of nitrogens with zero attached hydrogens (tertiary/aromatic N) is 3. The van der Waals surface area contributed by atoms with E-state index in [0.29, 0.717) is 69.6 Å². The standard InChI is InChI=1S/C33H43N5O5.C18H34O2/c1-37-22-27(21-35-37)25-9-7-24(8-10-25)14-19-42-20-15-31(41)38(28-5-3-2-4-6-28)18-17-34-16-13-26-11-12-29(39)32-33(26)43-23-30(40)36-32;1-2-3-4-5-6-7-8-9-10-11-12-13-14-15-16-17-18(19)20/h7-12,21-22,28,34,39H,2-6,13-20,23H2,1H3,(H,36,40);9-10H,2-8,11-17H2,1H3,(H,19,20)/b;10-9-. The summed E-state index contributed by atoms with van der Waals surface area (Å²) < 4.78 is 13.3. The molecule has 0 unspecified atom stereocenters. The number of anilines is 1. The number of allylic oxidation sites excluding steroid dienone is 2. The molecule has 1 aliphatic carbocycles. The topological polar surface area (TPSA) is 155 Å². The second kappa shape index (κ2) is 30.4. The van der Waals surface area contributed by atoms with Crippen LogP contribution in [0.15, 0.2) is 60.9 Å². The van der Waals surface area contributed by atoms with Crippen LogP contribution in [0.2, 0.25) is 0 Å². The predicted octanol–water partition coefficient (Wildman–Crippen LogP) is 10.2. The summed E-state index contributed by atoms with van der Waals surface area (Å²) in [6, 6.07) is 12.2. The predicted molar refractivity (Wildman–Crippen MR) is 252 cm³/mol. The van der Waals surface area contributed by atoms with Gasteiger partial charge in [0.05, 0.1) is 25.8 Å². The van der Waals surface area contributed by atoms with Crippen molar-refractivity contribution < 1.29 is 34.1 Å². The maximum absolute atomic E-state index is 13.3. The van der Waals surface area contributed by atoms with Gasteiger partial charge in [0.2, 0.25) is 5.91 Å². The van der Waals surface area contributed by atoms with E-state index in [1.165, 1.54) is 95.5 Å². The fourth-order valence-electron chi connectivity index (χ4n) is 8.24. The lowest BCUT2D eigenvalue weighted by atomic mass is 9.94. The number of phenols is 1. The first kappa shape index (κ1) is 51.0. The zero-order chi connectivity index (χ0) is 44.9. The minimum atomic E-state index is -0.664. The lowest BCUT2D eigenvalue weighted by Gasteiger charge is -2.34. The van der Waals surface area contributed by atoms with Crippen molar-refractivity contribution in [2.45, 2.75) is 154 Å². The molecular formula is C51H77N5O7. The van der Waals surface area contributed by atoms with E-state index in [-0.39, 0.29) is 24.2 Å². The number of amides is 2. The number of aromatic nitrogens is 2. The number of aliphatic carboxylic acids is 1. The number of carbonyl (C=O) groups is 3. The van der Waals surface area contributed by atoms with Crippen LogP contribution in [0.5, 0.6) is 11.5 Å². The summed E-state index contributed by atoms with van der Waals surface area (Å²) in [5, 5.41) is 29.0. The van der Waals surface area contributed by atoms with Gasteiger partial charge < -0.3 is 35.2 Å². The van der Waals surface area contributed by atoms with Crippen LogP contribution >= 0.6 is 0 Å². The summed E-state index contributed by atoms with van der Waals surface area (Å²) in [5.74, 6) is -0.250. The second-order valence-corrected chi connectivity index (χ2v) is 17.1. The summed E-state index contributed by atoms with van der Waals surface area (Å²) in [4.78, 5) is 37.3. The van der Waals surface area contributed by atoms with Gasteiger partial charge in [0.25, 0.3) is 5.91 Å². The van der Waals surface area contributed by atoms with Gasteiger partial charge >= 0.3 is 5.97 Å². The Bertz CT molecular complexity index is 1790. The second-order valence-electron chi connectivity index (χ2n) is 17.1. The fourth-order valence-corrected chi connectivity index (χ4v) is 8.24. The number of carboxylic acid groups (broad SMARTS) is 1. The molecule has 1 aliphatic heterocycles. The molecule has 3 aromatic rings. The van der Waals surface area contributed by atoms with Gasteiger partial charge in [-0.25, -0.2) is 0 Å². The minimum Gasteiger partial charge on any atom is -0.506 e. The maximum Gasteiger partial charge on any atom is 0.303 e. The van der Waals surface area contributed by atoms with Crippen LogP contribution in [-0.4, -0.2) is 88.2 Å². The maximum atomic E-state index is 13.3. The van der Waals surface area contributed by atoms with Crippen LogP contribution in [0.4, 0.5) is 5.69 Å². The van der Waals surface area contributed by atoms with E-state index in [0.717, 1.165) is 48.8 Å². The van der Waals surface area contributed by atoms with E-state index < -0.39 is 5.97 Å². The molecule has 0 radical (unpaired) electrons. The van der Waals surface area contributed by atoms with Gasteiger partial charge in [-0.2, -0.15) is 5.10 Å². The third kappa shape index (κ3) is 20.1. The smallest absolute Gasteiger partial charge is 0.303 e. The van der Waals surface area contributed by atoms with Crippen molar-refractivity contribution in [2.75, 3.05) is 44.8 Å². The van der Waals surface area contributed by atoms with Crippen molar-refractivity contribution in [3.63, 3.8) is 0 Å². The van der Waals surface area contributed by atoms with Crippen molar-refractivity contribution in [2.24, 2.45) is 7.05 Å². The largest absolute Gasteiger partial charge is 0.506 e. The molecular weight excluding hydrogens is 795 g/mol. The molecule has 0 bridgehead atoms. The molecule has 0 atom stereocenters. The van der Waals surface area contributed by atoms with Crippen LogP contribution in [0.1, 0.15) is 146 Å². The number of ether oxygens (including phenoxy) is 2. The highest BCUT2D eigenvalue weighted by molar-refractivity contribution is 5.97. The number of rotatable bonds is 29. The number of carbonyl (C=O) groups excluding carboxylic acids is 2.